The number of likely N-dealkylation sites (N-methyl/N-ethyl adjacent to an activating group) is 1. The minimum Gasteiger partial charge on any atom is -0.395 e. The molecule has 0 fully saturated rings. The Morgan fingerprint density at radius 2 is 1.79 bits per heavy atom. The van der Waals surface area contributed by atoms with Crippen LogP contribution < -0.4 is 10.2 Å². The number of rotatable bonds is 8. The minimum atomic E-state index is -0.160. The van der Waals surface area contributed by atoms with Crippen molar-refractivity contribution in [2.75, 3.05) is 30.4 Å². The second-order valence-corrected chi connectivity index (χ2v) is 7.39. The van der Waals surface area contributed by atoms with Gasteiger partial charge in [0.05, 0.1) is 11.5 Å². The van der Waals surface area contributed by atoms with Gasteiger partial charge in [-0.05, 0) is 59.5 Å². The first-order valence-electron chi connectivity index (χ1n) is 9.16. The van der Waals surface area contributed by atoms with Crippen molar-refractivity contribution in [2.24, 2.45) is 0 Å². The highest BCUT2D eigenvalue weighted by Gasteiger charge is 2.08. The number of carbonyl (C=O) groups excluding carboxylic acids is 2. The van der Waals surface area contributed by atoms with Gasteiger partial charge >= 0.3 is 0 Å². The number of amides is 1. The molecule has 0 aliphatic carbocycles. The lowest BCUT2D eigenvalue weighted by Crippen LogP contribution is -2.20. The van der Waals surface area contributed by atoms with E-state index in [1.165, 1.54) is 17.4 Å². The normalized spacial score (nSPS) is 10.8. The zero-order valence-electron chi connectivity index (χ0n) is 16.0. The van der Waals surface area contributed by atoms with Crippen molar-refractivity contribution in [3.8, 4) is 0 Å². The fourth-order valence-corrected chi connectivity index (χ4v) is 3.32. The molecule has 5 nitrogen and oxygen atoms in total. The summed E-state index contributed by atoms with van der Waals surface area (Å²) < 4.78 is 0. The molecule has 0 atom stereocenters. The summed E-state index contributed by atoms with van der Waals surface area (Å²) in [6.07, 6.45) is 3.30. The van der Waals surface area contributed by atoms with Crippen LogP contribution in [0.25, 0.3) is 6.08 Å². The molecule has 0 aliphatic heterocycles. The Bertz CT molecular complexity index is 978. The van der Waals surface area contributed by atoms with Crippen LogP contribution in [0.5, 0.6) is 0 Å². The summed E-state index contributed by atoms with van der Waals surface area (Å²) in [5.41, 5.74) is 3.11. The molecule has 1 heterocycles. The lowest BCUT2D eigenvalue weighted by Gasteiger charge is -2.17. The van der Waals surface area contributed by atoms with E-state index in [2.05, 4.69) is 5.32 Å². The number of nitrogens with one attached hydrogen (secondary N) is 1. The number of hydrogen-bond acceptors (Lipinski definition) is 5. The fraction of sp³-hybridized carbons (Fsp3) is 0.130. The first-order valence-corrected chi connectivity index (χ1v) is 10.0. The summed E-state index contributed by atoms with van der Waals surface area (Å²) in [6.45, 7) is 0.667. The second-order valence-electron chi connectivity index (χ2n) is 6.44. The van der Waals surface area contributed by atoms with Crippen LogP contribution in [0.3, 0.4) is 0 Å². The lowest BCUT2D eigenvalue weighted by molar-refractivity contribution is 0.102. The number of thiophene rings is 1. The van der Waals surface area contributed by atoms with Gasteiger partial charge in [0.2, 0.25) is 0 Å². The molecule has 29 heavy (non-hydrogen) atoms. The molecule has 0 radical (unpaired) electrons. The molecule has 148 valence electrons. The highest BCUT2D eigenvalue weighted by atomic mass is 32.1. The molecule has 0 spiro atoms. The zero-order chi connectivity index (χ0) is 20.6. The highest BCUT2D eigenvalue weighted by Crippen LogP contribution is 2.16. The summed E-state index contributed by atoms with van der Waals surface area (Å²) in [6, 6.07) is 18.2. The highest BCUT2D eigenvalue weighted by molar-refractivity contribution is 7.12. The predicted molar refractivity (Wildman–Crippen MR) is 119 cm³/mol. The second kappa shape index (κ2) is 9.82. The third kappa shape index (κ3) is 5.63. The smallest absolute Gasteiger partial charge is 0.265 e. The van der Waals surface area contributed by atoms with Crippen molar-refractivity contribution in [1.82, 2.24) is 0 Å². The SMILES string of the molecule is CN(CCO)c1ccc(/C=C/C(=O)c2ccc(NC(=O)c3cccs3)cc2)cc1. The van der Waals surface area contributed by atoms with Crippen LogP contribution in [0.4, 0.5) is 11.4 Å². The molecule has 3 aromatic rings. The Morgan fingerprint density at radius 3 is 2.41 bits per heavy atom. The molecule has 2 aromatic carbocycles. The Hall–Kier alpha value is -3.22. The van der Waals surface area contributed by atoms with Crippen molar-refractivity contribution < 1.29 is 14.7 Å². The molecule has 0 bridgehead atoms. The van der Waals surface area contributed by atoms with Crippen molar-refractivity contribution in [1.29, 1.82) is 0 Å². The van der Waals surface area contributed by atoms with Gasteiger partial charge < -0.3 is 15.3 Å². The van der Waals surface area contributed by atoms with Gasteiger partial charge in [-0.3, -0.25) is 9.59 Å². The third-order valence-electron chi connectivity index (χ3n) is 4.37. The van der Waals surface area contributed by atoms with Crippen LogP contribution in [-0.2, 0) is 0 Å². The maximum atomic E-state index is 12.4. The molecule has 0 unspecified atom stereocenters. The number of hydrogen-bond donors (Lipinski definition) is 2. The number of nitrogens with zero attached hydrogens (tertiary/aromatic N) is 1. The van der Waals surface area contributed by atoms with Gasteiger partial charge in [-0.15, -0.1) is 11.3 Å². The Morgan fingerprint density at radius 1 is 1.07 bits per heavy atom. The van der Waals surface area contributed by atoms with Gasteiger partial charge in [0.1, 0.15) is 0 Å². The number of aliphatic hydroxyl groups excluding tert-OH is 1. The van der Waals surface area contributed by atoms with Gasteiger partial charge in [0.15, 0.2) is 5.78 Å². The van der Waals surface area contributed by atoms with Crippen LogP contribution in [0, 0.1) is 0 Å². The Kier molecular flexibility index (Phi) is 6.94. The van der Waals surface area contributed by atoms with E-state index >= 15 is 0 Å². The Balaban J connectivity index is 1.59. The van der Waals surface area contributed by atoms with E-state index in [0.717, 1.165) is 11.3 Å². The van der Waals surface area contributed by atoms with E-state index in [-0.39, 0.29) is 18.3 Å². The predicted octanol–water partition coefficient (Wildman–Crippen LogP) is 4.33. The van der Waals surface area contributed by atoms with E-state index in [9.17, 15) is 9.59 Å². The fourth-order valence-electron chi connectivity index (χ4n) is 2.71. The average molecular weight is 407 g/mol. The number of allylic oxidation sites excluding steroid dienone is 1. The van der Waals surface area contributed by atoms with Crippen LogP contribution in [-0.4, -0.2) is 37.0 Å². The summed E-state index contributed by atoms with van der Waals surface area (Å²) in [5.74, 6) is -0.269. The molecule has 2 N–H and O–H groups in total. The van der Waals surface area contributed by atoms with Crippen LogP contribution >= 0.6 is 11.3 Å². The standard InChI is InChI=1S/C23H22N2O3S/c1-25(14-15-26)20-11-4-17(5-12-20)6-13-21(27)18-7-9-19(10-8-18)24-23(28)22-3-2-16-29-22/h2-13,16,26H,14-15H2,1H3,(H,24,28)/b13-6+. The van der Waals surface area contributed by atoms with E-state index in [4.69, 9.17) is 5.11 Å². The third-order valence-corrected chi connectivity index (χ3v) is 5.24. The van der Waals surface area contributed by atoms with Crippen molar-refractivity contribution >= 4 is 40.5 Å². The van der Waals surface area contributed by atoms with Crippen LogP contribution in [0.15, 0.2) is 72.1 Å². The average Bonchev–Trinajstić information content (AvgIpc) is 3.28. The summed E-state index contributed by atoms with van der Waals surface area (Å²) >= 11 is 1.38. The summed E-state index contributed by atoms with van der Waals surface area (Å²) in [7, 11) is 1.91. The summed E-state index contributed by atoms with van der Waals surface area (Å²) in [4.78, 5) is 27.0. The van der Waals surface area contributed by atoms with Gasteiger partial charge in [0, 0.05) is 30.5 Å². The number of carbonyl (C=O) groups is 2. The molecular formula is C23H22N2O3S. The van der Waals surface area contributed by atoms with E-state index in [1.54, 1.807) is 36.4 Å². The van der Waals surface area contributed by atoms with E-state index in [1.807, 2.05) is 47.7 Å². The molecule has 1 amide bonds. The minimum absolute atomic E-state index is 0.100. The monoisotopic (exact) mass is 406 g/mol. The van der Waals surface area contributed by atoms with Gasteiger partial charge in [-0.25, -0.2) is 0 Å². The maximum absolute atomic E-state index is 12.4. The molecule has 0 saturated carbocycles. The lowest BCUT2D eigenvalue weighted by atomic mass is 10.1. The molecular weight excluding hydrogens is 384 g/mol. The van der Waals surface area contributed by atoms with Crippen molar-refractivity contribution in [3.05, 3.63) is 88.1 Å². The van der Waals surface area contributed by atoms with E-state index < -0.39 is 0 Å². The Labute approximate surface area is 173 Å². The first-order chi connectivity index (χ1) is 14.1. The van der Waals surface area contributed by atoms with E-state index in [0.29, 0.717) is 22.7 Å². The summed E-state index contributed by atoms with van der Waals surface area (Å²) in [5, 5.41) is 13.7. The number of anilines is 2. The first kappa shape index (κ1) is 20.5. The molecule has 6 heteroatoms. The van der Waals surface area contributed by atoms with Gasteiger partial charge in [-0.1, -0.05) is 24.3 Å². The number of ketones is 1. The van der Waals surface area contributed by atoms with Crippen LogP contribution in [0.1, 0.15) is 25.6 Å². The largest absolute Gasteiger partial charge is 0.395 e. The molecule has 0 aliphatic rings. The number of benzene rings is 2. The number of aliphatic hydroxyl groups is 1. The molecule has 1 aromatic heterocycles. The molecule has 3 rings (SSSR count). The van der Waals surface area contributed by atoms with Gasteiger partial charge in [0.25, 0.3) is 5.91 Å². The van der Waals surface area contributed by atoms with Crippen molar-refractivity contribution in [3.63, 3.8) is 0 Å². The maximum Gasteiger partial charge on any atom is 0.265 e. The van der Waals surface area contributed by atoms with Gasteiger partial charge in [-0.2, -0.15) is 0 Å². The molecule has 0 saturated heterocycles. The topological polar surface area (TPSA) is 69.6 Å². The quantitative estimate of drug-likeness (QED) is 0.432. The van der Waals surface area contributed by atoms with Crippen LogP contribution in [0.2, 0.25) is 0 Å². The zero-order valence-corrected chi connectivity index (χ0v) is 16.9. The van der Waals surface area contributed by atoms with Crippen molar-refractivity contribution in [2.45, 2.75) is 0 Å².